The van der Waals surface area contributed by atoms with Crippen molar-refractivity contribution in [1.82, 2.24) is 24.9 Å². The fourth-order valence-corrected chi connectivity index (χ4v) is 7.32. The number of unbranched alkanes of at least 4 members (excludes halogenated alkanes) is 2. The van der Waals surface area contributed by atoms with Crippen LogP contribution in [0.5, 0.6) is 5.88 Å². The van der Waals surface area contributed by atoms with Gasteiger partial charge in [0.05, 0.1) is 17.1 Å². The van der Waals surface area contributed by atoms with Gasteiger partial charge in [-0.3, -0.25) is 19.1 Å². The first-order valence-corrected chi connectivity index (χ1v) is 16.9. The van der Waals surface area contributed by atoms with Crippen molar-refractivity contribution in [2.75, 3.05) is 13.6 Å². The quantitative estimate of drug-likeness (QED) is 0.241. The minimum atomic E-state index is -3.77. The van der Waals surface area contributed by atoms with Gasteiger partial charge >= 0.3 is 0 Å². The van der Waals surface area contributed by atoms with E-state index in [-0.39, 0.29) is 18.2 Å². The molecule has 0 spiro atoms. The molecule has 0 aliphatic heterocycles. The maximum atomic E-state index is 13.8. The Morgan fingerprint density at radius 3 is 2.48 bits per heavy atom. The van der Waals surface area contributed by atoms with Crippen LogP contribution in [0.2, 0.25) is 0 Å². The van der Waals surface area contributed by atoms with Crippen molar-refractivity contribution in [3.05, 3.63) is 55.3 Å². The minimum Gasteiger partial charge on any atom is -0.474 e. The second kappa shape index (κ2) is 13.1. The summed E-state index contributed by atoms with van der Waals surface area (Å²) in [4.78, 5) is 51.2. The second-order valence-corrected chi connectivity index (χ2v) is 14.3. The van der Waals surface area contributed by atoms with E-state index < -0.39 is 50.6 Å². The number of carbonyl (C=O) groups is 3. The molecule has 2 N–H and O–H groups in total. The van der Waals surface area contributed by atoms with Gasteiger partial charge in [-0.1, -0.05) is 43.3 Å². The van der Waals surface area contributed by atoms with E-state index in [1.807, 2.05) is 36.4 Å². The number of hydrogen-bond donors (Lipinski definition) is 2. The molecule has 0 saturated heterocycles. The van der Waals surface area contributed by atoms with Crippen LogP contribution in [0, 0.1) is 17.8 Å². The average molecular weight is 624 g/mol. The lowest BCUT2D eigenvalue weighted by Crippen LogP contribution is -2.54. The summed E-state index contributed by atoms with van der Waals surface area (Å²) in [5, 5.41) is 2.30. The number of benzene rings is 1. The third-order valence-electron chi connectivity index (χ3n) is 8.91. The number of rotatable bonds is 14. The van der Waals surface area contributed by atoms with Gasteiger partial charge in [0.2, 0.25) is 27.7 Å². The first-order valence-electron chi connectivity index (χ1n) is 15.3. The van der Waals surface area contributed by atoms with E-state index in [0.717, 1.165) is 24.8 Å². The van der Waals surface area contributed by atoms with Gasteiger partial charge in [0, 0.05) is 31.4 Å². The highest BCUT2D eigenvalue weighted by Gasteiger charge is 2.61. The predicted octanol–water partition coefficient (Wildman–Crippen LogP) is 3.24. The van der Waals surface area contributed by atoms with Crippen LogP contribution in [-0.4, -0.2) is 71.5 Å². The summed E-state index contributed by atoms with van der Waals surface area (Å²) in [5.74, 6) is -2.18. The molecule has 5 rings (SSSR count). The van der Waals surface area contributed by atoms with E-state index in [2.05, 4.69) is 26.6 Å². The zero-order chi connectivity index (χ0) is 31.5. The van der Waals surface area contributed by atoms with Gasteiger partial charge in [0.1, 0.15) is 11.6 Å². The molecule has 12 heteroatoms. The highest BCUT2D eigenvalue weighted by atomic mass is 32.2. The van der Waals surface area contributed by atoms with Crippen LogP contribution >= 0.6 is 0 Å². The molecule has 5 atom stereocenters. The highest BCUT2D eigenvalue weighted by molar-refractivity contribution is 7.91. The number of ether oxygens (including phenoxy) is 1. The first kappa shape index (κ1) is 31.6. The van der Waals surface area contributed by atoms with Gasteiger partial charge in [0.25, 0.3) is 5.91 Å². The predicted molar refractivity (Wildman–Crippen MR) is 165 cm³/mol. The fraction of sp³-hybridized carbons (Fsp3) is 0.531. The SMILES string of the molecule is C=CCCCCN(C)C(=O)[C@@H]1C[C@H](Oc2ccnc(-c3ccccc3)n2)C[C@H]1C(=O)N[C@]1(C(=O)NS(=O)(=O)C2CC2)C[C@H]1C. The zero-order valence-electron chi connectivity index (χ0n) is 25.3. The highest BCUT2D eigenvalue weighted by Crippen LogP contribution is 2.45. The molecule has 0 unspecified atom stereocenters. The number of nitrogens with one attached hydrogen (secondary N) is 2. The van der Waals surface area contributed by atoms with Gasteiger partial charge in [0.15, 0.2) is 5.82 Å². The third-order valence-corrected chi connectivity index (χ3v) is 10.7. The molecule has 2 aromatic rings. The number of carbonyl (C=O) groups excluding carboxylic acids is 3. The van der Waals surface area contributed by atoms with Crippen molar-refractivity contribution in [3.63, 3.8) is 0 Å². The molecule has 3 aliphatic rings. The molecular formula is C32H41N5O6S. The number of sulfonamides is 1. The Labute approximate surface area is 258 Å². The molecular weight excluding hydrogens is 582 g/mol. The Morgan fingerprint density at radius 1 is 1.11 bits per heavy atom. The smallest absolute Gasteiger partial charge is 0.259 e. The van der Waals surface area contributed by atoms with Crippen molar-refractivity contribution >= 4 is 27.7 Å². The van der Waals surface area contributed by atoms with E-state index in [1.165, 1.54) is 0 Å². The fourth-order valence-electron chi connectivity index (χ4n) is 5.95. The monoisotopic (exact) mass is 623 g/mol. The maximum Gasteiger partial charge on any atom is 0.259 e. The van der Waals surface area contributed by atoms with Crippen LogP contribution in [-0.2, 0) is 24.4 Å². The minimum absolute atomic E-state index is 0.166. The van der Waals surface area contributed by atoms with Crippen LogP contribution in [0.4, 0.5) is 0 Å². The Hall–Kier alpha value is -3.80. The van der Waals surface area contributed by atoms with Crippen LogP contribution < -0.4 is 14.8 Å². The Balaban J connectivity index is 1.31. The van der Waals surface area contributed by atoms with Crippen molar-refractivity contribution in [3.8, 4) is 17.3 Å². The summed E-state index contributed by atoms with van der Waals surface area (Å²) in [7, 11) is -2.04. The molecule has 1 heterocycles. The average Bonchev–Trinajstić information content (AvgIpc) is 3.93. The molecule has 1 aromatic carbocycles. The summed E-state index contributed by atoms with van der Waals surface area (Å²) in [5.41, 5.74) is -0.488. The number of hydrogen-bond acceptors (Lipinski definition) is 8. The largest absolute Gasteiger partial charge is 0.474 e. The molecule has 236 valence electrons. The van der Waals surface area contributed by atoms with Crippen molar-refractivity contribution in [1.29, 1.82) is 0 Å². The molecule has 11 nitrogen and oxygen atoms in total. The van der Waals surface area contributed by atoms with Gasteiger partial charge < -0.3 is 15.0 Å². The van der Waals surface area contributed by atoms with Crippen molar-refractivity contribution < 1.29 is 27.5 Å². The number of amides is 3. The van der Waals surface area contributed by atoms with E-state index >= 15 is 0 Å². The van der Waals surface area contributed by atoms with E-state index in [0.29, 0.717) is 43.9 Å². The Bertz CT molecular complexity index is 1500. The van der Waals surface area contributed by atoms with Crippen molar-refractivity contribution in [2.45, 2.75) is 75.2 Å². The number of allylic oxidation sites excluding steroid dienone is 1. The summed E-state index contributed by atoms with van der Waals surface area (Å²) >= 11 is 0. The molecule has 3 amide bonds. The van der Waals surface area contributed by atoms with Crippen LogP contribution in [0.3, 0.4) is 0 Å². The molecule has 0 radical (unpaired) electrons. The van der Waals surface area contributed by atoms with Gasteiger partial charge in [-0.25, -0.2) is 13.4 Å². The maximum absolute atomic E-state index is 13.8. The molecule has 3 fully saturated rings. The molecule has 1 aromatic heterocycles. The molecule has 44 heavy (non-hydrogen) atoms. The summed E-state index contributed by atoms with van der Waals surface area (Å²) in [6, 6.07) is 11.1. The lowest BCUT2D eigenvalue weighted by Gasteiger charge is -2.26. The van der Waals surface area contributed by atoms with Crippen LogP contribution in [0.1, 0.15) is 58.3 Å². The topological polar surface area (TPSA) is 148 Å². The standard InChI is InChI=1S/C32H41N5O6S/c1-4-5-6-10-17-37(3)30(39)26-19-23(43-27-15-16-33-28(34-27)22-11-8-7-9-12-22)18-25(26)29(38)35-32(20-21(32)2)31(40)36-44(41,42)24-13-14-24/h4,7-9,11-12,15-16,21,23-26H,1,5-6,10,13-14,17-20H2,2-3H3,(H,35,38)(H,36,40)/t21-,23-,25-,26-,32-/m1/s1. The molecule has 3 aliphatic carbocycles. The molecule has 0 bridgehead atoms. The number of nitrogens with zero attached hydrogens (tertiary/aromatic N) is 3. The molecule has 3 saturated carbocycles. The van der Waals surface area contributed by atoms with E-state index in [1.54, 1.807) is 31.1 Å². The lowest BCUT2D eigenvalue weighted by atomic mass is 9.93. The van der Waals surface area contributed by atoms with Crippen molar-refractivity contribution in [2.24, 2.45) is 17.8 Å². The Kier molecular flexibility index (Phi) is 9.38. The van der Waals surface area contributed by atoms with Gasteiger partial charge in [-0.2, -0.15) is 4.98 Å². The number of aromatic nitrogens is 2. The van der Waals surface area contributed by atoms with Crippen LogP contribution in [0.25, 0.3) is 11.4 Å². The zero-order valence-corrected chi connectivity index (χ0v) is 26.1. The van der Waals surface area contributed by atoms with E-state index in [9.17, 15) is 22.8 Å². The van der Waals surface area contributed by atoms with Gasteiger partial charge in [-0.15, -0.1) is 6.58 Å². The first-order chi connectivity index (χ1) is 21.0. The van der Waals surface area contributed by atoms with Crippen LogP contribution in [0.15, 0.2) is 55.3 Å². The lowest BCUT2D eigenvalue weighted by molar-refractivity contribution is -0.140. The summed E-state index contributed by atoms with van der Waals surface area (Å²) in [6.07, 6.45) is 7.42. The Morgan fingerprint density at radius 2 is 1.82 bits per heavy atom. The third kappa shape index (κ3) is 7.11. The second-order valence-electron chi connectivity index (χ2n) is 12.3. The van der Waals surface area contributed by atoms with Gasteiger partial charge in [-0.05, 0) is 57.3 Å². The normalized spacial score (nSPS) is 26.0. The summed E-state index contributed by atoms with van der Waals surface area (Å²) < 4.78 is 33.4. The summed E-state index contributed by atoms with van der Waals surface area (Å²) in [6.45, 7) is 6.08. The van der Waals surface area contributed by atoms with E-state index in [4.69, 9.17) is 4.74 Å².